The van der Waals surface area contributed by atoms with Gasteiger partial charge in [0.05, 0.1) is 11.7 Å². The fourth-order valence-corrected chi connectivity index (χ4v) is 8.92. The average Bonchev–Trinajstić information content (AvgIpc) is 3.73. The van der Waals surface area contributed by atoms with Crippen LogP contribution in [0.25, 0.3) is 16.0 Å². The van der Waals surface area contributed by atoms with E-state index >= 15 is 4.39 Å². The lowest BCUT2D eigenvalue weighted by molar-refractivity contribution is -0.137. The van der Waals surface area contributed by atoms with Gasteiger partial charge < -0.3 is 14.3 Å². The molecule has 0 bridgehead atoms. The Morgan fingerprint density at radius 3 is 2.33 bits per heavy atom. The van der Waals surface area contributed by atoms with Gasteiger partial charge >= 0.3 is 0 Å². The van der Waals surface area contributed by atoms with Gasteiger partial charge in [-0.25, -0.2) is 11.0 Å². The molecule has 2 amide bonds. The van der Waals surface area contributed by atoms with Gasteiger partial charge in [-0.2, -0.15) is 0 Å². The minimum Gasteiger partial charge on any atom is -0.361 e. The van der Waals surface area contributed by atoms with Crippen LogP contribution in [0.4, 0.5) is 15.8 Å². The molecular formula is C43H46FN5O3. The predicted octanol–water partition coefficient (Wildman–Crippen LogP) is 8.62. The molecule has 8 rings (SSSR count). The Labute approximate surface area is 305 Å². The van der Waals surface area contributed by atoms with Crippen LogP contribution in [-0.2, 0) is 34.6 Å². The van der Waals surface area contributed by atoms with Crippen LogP contribution < -0.4 is 10.2 Å². The van der Waals surface area contributed by atoms with Crippen molar-refractivity contribution in [1.29, 1.82) is 0 Å². The Kier molecular flexibility index (Phi) is 8.99. The molecule has 0 spiro atoms. The van der Waals surface area contributed by atoms with E-state index in [1.54, 1.807) is 6.07 Å². The summed E-state index contributed by atoms with van der Waals surface area (Å²) in [6.07, 6.45) is 7.65. The minimum atomic E-state index is -0.347. The molecule has 0 radical (unpaired) electrons. The Hall–Kier alpha value is -4.81. The molecule has 1 N–H and O–H groups in total. The van der Waals surface area contributed by atoms with Gasteiger partial charge in [-0.15, -0.1) is 0 Å². The van der Waals surface area contributed by atoms with Crippen LogP contribution >= 0.6 is 0 Å². The summed E-state index contributed by atoms with van der Waals surface area (Å²) in [5, 5.41) is 6.67. The Morgan fingerprint density at radius 1 is 0.962 bits per heavy atom. The van der Waals surface area contributed by atoms with E-state index in [0.717, 1.165) is 108 Å². The molecule has 9 heteroatoms. The monoisotopic (exact) mass is 699 g/mol. The van der Waals surface area contributed by atoms with Crippen molar-refractivity contribution in [3.63, 3.8) is 0 Å². The number of hydrogen-bond acceptors (Lipinski definition) is 6. The number of anilines is 2. The molecule has 4 aromatic rings. The molecular weight excluding hydrogens is 654 g/mol. The Balaban J connectivity index is 0.976. The van der Waals surface area contributed by atoms with E-state index in [-0.39, 0.29) is 29.2 Å². The van der Waals surface area contributed by atoms with Crippen LogP contribution in [0.5, 0.6) is 0 Å². The molecule has 2 aliphatic carbocycles. The van der Waals surface area contributed by atoms with Gasteiger partial charge in [0.2, 0.25) is 11.8 Å². The number of hydrogen-bond donors (Lipinski definition) is 1. The molecule has 3 heterocycles. The normalized spacial score (nSPS) is 22.5. The first-order valence-corrected chi connectivity index (χ1v) is 18.8. The summed E-state index contributed by atoms with van der Waals surface area (Å²) in [5.74, 6) is 1.08. The van der Waals surface area contributed by atoms with Gasteiger partial charge in [-0.3, -0.25) is 19.8 Å². The topological polar surface area (TPSA) is 83.0 Å². The van der Waals surface area contributed by atoms with Gasteiger partial charge in [0.15, 0.2) is 0 Å². The molecule has 268 valence electrons. The van der Waals surface area contributed by atoms with Gasteiger partial charge in [0, 0.05) is 61.4 Å². The summed E-state index contributed by atoms with van der Waals surface area (Å²) >= 11 is 0. The van der Waals surface area contributed by atoms with Gasteiger partial charge in [-0.05, 0) is 135 Å². The number of nitrogens with zero attached hydrogens (tertiary/aromatic N) is 4. The summed E-state index contributed by atoms with van der Waals surface area (Å²) in [7, 11) is 0. The number of nitrogens with one attached hydrogen (secondary N) is 1. The zero-order valence-electron chi connectivity index (χ0n) is 30.3. The van der Waals surface area contributed by atoms with Crippen molar-refractivity contribution in [3.05, 3.63) is 111 Å². The molecule has 3 fully saturated rings. The quantitative estimate of drug-likeness (QED) is 0.139. The maximum atomic E-state index is 15.5. The number of fused-ring (bicyclic) bond motifs is 1. The van der Waals surface area contributed by atoms with Crippen LogP contribution in [-0.4, -0.2) is 34.5 Å². The first-order chi connectivity index (χ1) is 25.1. The Bertz CT molecular complexity index is 2050. The number of piperidine rings is 1. The molecule has 52 heavy (non-hydrogen) atoms. The minimum absolute atomic E-state index is 0.152. The van der Waals surface area contributed by atoms with Crippen molar-refractivity contribution >= 4 is 23.2 Å². The molecule has 4 aliphatic rings. The van der Waals surface area contributed by atoms with Gasteiger partial charge in [-0.1, -0.05) is 23.4 Å². The highest BCUT2D eigenvalue weighted by molar-refractivity contribution is 6.00. The predicted molar refractivity (Wildman–Crippen MR) is 198 cm³/mol. The van der Waals surface area contributed by atoms with E-state index in [2.05, 4.69) is 74.5 Å². The van der Waals surface area contributed by atoms with E-state index in [0.29, 0.717) is 37.8 Å². The molecule has 8 nitrogen and oxygen atoms in total. The molecule has 1 saturated heterocycles. The molecule has 2 saturated carbocycles. The fraction of sp³-hybridized carbons (Fsp3) is 0.442. The second-order valence-electron chi connectivity index (χ2n) is 15.7. The molecule has 1 aromatic heterocycles. The second kappa shape index (κ2) is 13.6. The number of imide groups is 1. The lowest BCUT2D eigenvalue weighted by Gasteiger charge is -2.35. The van der Waals surface area contributed by atoms with Crippen molar-refractivity contribution in [3.8, 4) is 11.1 Å². The second-order valence-corrected chi connectivity index (χ2v) is 15.7. The van der Waals surface area contributed by atoms with Crippen molar-refractivity contribution in [2.24, 2.45) is 11.8 Å². The van der Waals surface area contributed by atoms with E-state index in [4.69, 9.17) is 11.1 Å². The standard InChI is InChI=1S/C43H46FN5O3/c1-26-5-10-31(41-27(2)47-52-28(41)3)22-39(26)49(36-13-11-35(12-14-36)43(45-4)17-18-43)23-30-8-6-29(7-9-30)19-32-20-33-24-48(25-34(33)21-37(32)44)38-15-16-40(50)46-42(38)51/h5,10-14,20-22,29-30,38H,6-9,15-19,23-25H2,1-3H3,(H,46,50,51). The van der Waals surface area contributed by atoms with Crippen molar-refractivity contribution in [2.45, 2.75) is 103 Å². The smallest absolute Gasteiger partial charge is 0.258 e. The zero-order chi connectivity index (χ0) is 36.1. The summed E-state index contributed by atoms with van der Waals surface area (Å²) < 4.78 is 21.0. The van der Waals surface area contributed by atoms with Crippen LogP contribution in [0, 0.1) is 45.0 Å². The maximum absolute atomic E-state index is 15.5. The lowest BCUT2D eigenvalue weighted by atomic mass is 9.78. The SMILES string of the molecule is [C-]#[N+]C1(c2ccc(N(CC3CCC(Cc4cc5c(cc4F)CN(C4CCC(=O)NC4=O)C5)CC3)c3cc(-c4c(C)noc4C)ccc3C)cc2)CC1. The van der Waals surface area contributed by atoms with Crippen molar-refractivity contribution in [2.75, 3.05) is 11.4 Å². The largest absolute Gasteiger partial charge is 0.361 e. The van der Waals surface area contributed by atoms with Crippen molar-refractivity contribution < 1.29 is 18.5 Å². The number of carbonyl (C=O) groups is 2. The highest BCUT2D eigenvalue weighted by Gasteiger charge is 2.52. The fourth-order valence-electron chi connectivity index (χ4n) is 8.92. The third-order valence-electron chi connectivity index (χ3n) is 12.2. The van der Waals surface area contributed by atoms with Crippen LogP contribution in [0.3, 0.4) is 0 Å². The average molecular weight is 700 g/mol. The third-order valence-corrected chi connectivity index (χ3v) is 12.2. The molecule has 1 unspecified atom stereocenters. The maximum Gasteiger partial charge on any atom is 0.258 e. The first-order valence-electron chi connectivity index (χ1n) is 18.8. The van der Waals surface area contributed by atoms with Crippen LogP contribution in [0.1, 0.15) is 90.6 Å². The number of halogens is 1. The highest BCUT2D eigenvalue weighted by Crippen LogP contribution is 2.50. The summed E-state index contributed by atoms with van der Waals surface area (Å²) in [6, 6.07) is 18.6. The number of aryl methyl sites for hydroxylation is 3. The number of amides is 2. The van der Waals surface area contributed by atoms with E-state index < -0.39 is 0 Å². The molecule has 1 atom stereocenters. The first kappa shape index (κ1) is 34.3. The van der Waals surface area contributed by atoms with Crippen LogP contribution in [0.2, 0.25) is 0 Å². The Morgan fingerprint density at radius 2 is 1.67 bits per heavy atom. The number of benzene rings is 3. The number of aromatic nitrogens is 1. The third kappa shape index (κ3) is 6.54. The van der Waals surface area contributed by atoms with E-state index in [9.17, 15) is 9.59 Å². The summed E-state index contributed by atoms with van der Waals surface area (Å²) in [6.45, 7) is 15.9. The lowest BCUT2D eigenvalue weighted by Crippen LogP contribution is -2.50. The zero-order valence-corrected chi connectivity index (χ0v) is 30.3. The molecule has 2 aliphatic heterocycles. The van der Waals surface area contributed by atoms with E-state index in [1.807, 2.05) is 19.9 Å². The van der Waals surface area contributed by atoms with E-state index in [1.165, 1.54) is 5.56 Å². The molecule has 3 aromatic carbocycles. The number of rotatable bonds is 9. The van der Waals surface area contributed by atoms with Gasteiger partial charge in [0.1, 0.15) is 11.6 Å². The van der Waals surface area contributed by atoms with Gasteiger partial charge in [0.25, 0.3) is 5.54 Å². The summed E-state index contributed by atoms with van der Waals surface area (Å²) in [4.78, 5) is 32.6. The van der Waals surface area contributed by atoms with Crippen molar-refractivity contribution in [1.82, 2.24) is 15.4 Å². The highest BCUT2D eigenvalue weighted by atomic mass is 19.1. The summed E-state index contributed by atoms with van der Waals surface area (Å²) in [5.41, 5.74) is 10.0. The number of carbonyl (C=O) groups excluding carboxylic acids is 2. The van der Waals surface area contributed by atoms with Crippen LogP contribution in [0.15, 0.2) is 59.1 Å².